The Hall–Kier alpha value is -3.88. The maximum Gasteiger partial charge on any atom is 0.408 e. The van der Waals surface area contributed by atoms with Gasteiger partial charge in [0.2, 0.25) is 11.8 Å². The topological polar surface area (TPSA) is 114 Å². The largest absolute Gasteiger partial charge is 0.458 e. The van der Waals surface area contributed by atoms with Gasteiger partial charge in [-0.1, -0.05) is 62.4 Å². The van der Waals surface area contributed by atoms with Crippen molar-refractivity contribution in [3.05, 3.63) is 70.8 Å². The van der Waals surface area contributed by atoms with Crippen LogP contribution in [0.2, 0.25) is 0 Å². The third kappa shape index (κ3) is 11.5. The molecule has 2 aromatic carbocycles. The molecule has 0 fully saturated rings. The number of aryl methyl sites for hydroxylation is 2. The number of rotatable bonds is 10. The molecule has 9 nitrogen and oxygen atoms in total. The zero-order valence-electron chi connectivity index (χ0n) is 30.0. The molecule has 2 N–H and O–H groups in total. The monoisotopic (exact) mass is 637 g/mol. The third-order valence-corrected chi connectivity index (χ3v) is 7.21. The average molecular weight is 638 g/mol. The summed E-state index contributed by atoms with van der Waals surface area (Å²) < 4.78 is 11.2. The van der Waals surface area contributed by atoms with Gasteiger partial charge in [-0.2, -0.15) is 0 Å². The lowest BCUT2D eigenvalue weighted by Gasteiger charge is -2.44. The Kier molecular flexibility index (Phi) is 12.6. The van der Waals surface area contributed by atoms with Gasteiger partial charge in [0.15, 0.2) is 0 Å². The molecule has 0 heterocycles. The fraction of sp³-hybridized carbons (Fsp3) is 0.568. The number of carbonyl (C=O) groups excluding carboxylic acids is 4. The van der Waals surface area contributed by atoms with Crippen LogP contribution in [0.5, 0.6) is 0 Å². The Labute approximate surface area is 275 Å². The van der Waals surface area contributed by atoms with E-state index in [1.807, 2.05) is 97.0 Å². The van der Waals surface area contributed by atoms with Gasteiger partial charge in [0.1, 0.15) is 29.3 Å². The van der Waals surface area contributed by atoms with Crippen LogP contribution in [0, 0.1) is 19.8 Å². The Morgan fingerprint density at radius 1 is 0.761 bits per heavy atom. The number of hydrogen-bond acceptors (Lipinski definition) is 6. The summed E-state index contributed by atoms with van der Waals surface area (Å²) in [5.74, 6) is -1.91. The van der Waals surface area contributed by atoms with Crippen molar-refractivity contribution in [3.8, 4) is 0 Å². The Bertz CT molecular complexity index is 1370. The summed E-state index contributed by atoms with van der Waals surface area (Å²) in [4.78, 5) is 57.1. The lowest BCUT2D eigenvalue weighted by molar-refractivity contribution is -0.159. The highest BCUT2D eigenvalue weighted by Crippen LogP contribution is 2.32. The van der Waals surface area contributed by atoms with Crippen LogP contribution in [-0.2, 0) is 30.3 Å². The van der Waals surface area contributed by atoms with Gasteiger partial charge in [-0.05, 0) is 104 Å². The zero-order valence-corrected chi connectivity index (χ0v) is 30.0. The van der Waals surface area contributed by atoms with E-state index in [1.165, 1.54) is 4.90 Å². The first-order chi connectivity index (χ1) is 21.0. The Morgan fingerprint density at radius 3 is 1.80 bits per heavy atom. The molecule has 2 rings (SSSR count). The normalized spacial score (nSPS) is 14.1. The van der Waals surface area contributed by atoms with E-state index < -0.39 is 58.7 Å². The van der Waals surface area contributed by atoms with Crippen LogP contribution in [0.3, 0.4) is 0 Å². The fourth-order valence-electron chi connectivity index (χ4n) is 4.96. The van der Waals surface area contributed by atoms with Crippen molar-refractivity contribution < 1.29 is 28.7 Å². The first-order valence-corrected chi connectivity index (χ1v) is 16.0. The molecule has 3 unspecified atom stereocenters. The van der Waals surface area contributed by atoms with Gasteiger partial charge in [0.25, 0.3) is 0 Å². The first-order valence-electron chi connectivity index (χ1n) is 16.0. The van der Waals surface area contributed by atoms with Crippen LogP contribution in [0.1, 0.15) is 104 Å². The predicted molar refractivity (Wildman–Crippen MR) is 181 cm³/mol. The van der Waals surface area contributed by atoms with E-state index >= 15 is 0 Å². The third-order valence-electron chi connectivity index (χ3n) is 7.21. The van der Waals surface area contributed by atoms with Crippen molar-refractivity contribution in [1.82, 2.24) is 15.5 Å². The number of carbonyl (C=O) groups is 4. The quantitative estimate of drug-likeness (QED) is 0.284. The molecular weight excluding hydrogens is 582 g/mol. The summed E-state index contributed by atoms with van der Waals surface area (Å²) in [6.45, 7) is 23.6. The van der Waals surface area contributed by atoms with Crippen molar-refractivity contribution in [2.75, 3.05) is 0 Å². The number of benzene rings is 2. The molecule has 0 spiro atoms. The van der Waals surface area contributed by atoms with Crippen LogP contribution in [0.4, 0.5) is 4.79 Å². The number of nitrogens with one attached hydrogen (secondary N) is 2. The summed E-state index contributed by atoms with van der Waals surface area (Å²) in [7, 11) is 0. The number of alkyl carbamates (subject to hydrolysis) is 1. The molecule has 3 amide bonds. The predicted octanol–water partition coefficient (Wildman–Crippen LogP) is 6.59. The zero-order chi connectivity index (χ0) is 35.2. The maximum atomic E-state index is 14.6. The molecule has 46 heavy (non-hydrogen) atoms. The van der Waals surface area contributed by atoms with Crippen LogP contribution >= 0.6 is 0 Å². The lowest BCUT2D eigenvalue weighted by atomic mass is 9.91. The molecular formula is C37H55N3O6. The molecule has 3 atom stereocenters. The van der Waals surface area contributed by atoms with E-state index in [0.29, 0.717) is 5.56 Å². The van der Waals surface area contributed by atoms with Crippen molar-refractivity contribution in [2.45, 2.75) is 131 Å². The molecule has 254 valence electrons. The van der Waals surface area contributed by atoms with E-state index in [0.717, 1.165) is 16.7 Å². The number of esters is 1. The molecule has 0 aromatic heterocycles. The van der Waals surface area contributed by atoms with Gasteiger partial charge in [-0.15, -0.1) is 0 Å². The van der Waals surface area contributed by atoms with Crippen molar-refractivity contribution in [1.29, 1.82) is 0 Å². The highest BCUT2D eigenvalue weighted by Gasteiger charge is 2.44. The molecule has 0 saturated carbocycles. The Balaban J connectivity index is 2.68. The van der Waals surface area contributed by atoms with Gasteiger partial charge in [0, 0.05) is 12.0 Å². The van der Waals surface area contributed by atoms with Crippen molar-refractivity contribution >= 4 is 23.9 Å². The molecule has 2 aromatic rings. The smallest absolute Gasteiger partial charge is 0.408 e. The number of hydrogen-bond donors (Lipinski definition) is 2. The van der Waals surface area contributed by atoms with Crippen LogP contribution in [0.15, 0.2) is 48.5 Å². The minimum Gasteiger partial charge on any atom is -0.458 e. The van der Waals surface area contributed by atoms with Gasteiger partial charge >= 0.3 is 12.1 Å². The average Bonchev–Trinajstić information content (AvgIpc) is 2.89. The molecule has 9 heteroatoms. The summed E-state index contributed by atoms with van der Waals surface area (Å²) in [5.41, 5.74) is 0.945. The maximum absolute atomic E-state index is 14.6. The minimum absolute atomic E-state index is 0.194. The van der Waals surface area contributed by atoms with Gasteiger partial charge in [-0.25, -0.2) is 9.59 Å². The van der Waals surface area contributed by atoms with Crippen LogP contribution in [-0.4, -0.2) is 57.6 Å². The molecule has 0 saturated heterocycles. The highest BCUT2D eigenvalue weighted by molar-refractivity contribution is 5.94. The minimum atomic E-state index is -1.14. The van der Waals surface area contributed by atoms with Gasteiger partial charge in [-0.3, -0.25) is 9.59 Å². The second-order valence-electron chi connectivity index (χ2n) is 15.3. The first kappa shape index (κ1) is 38.3. The second-order valence-corrected chi connectivity index (χ2v) is 15.3. The molecule has 0 radical (unpaired) electrons. The number of nitrogens with zero attached hydrogens (tertiary/aromatic N) is 1. The van der Waals surface area contributed by atoms with Crippen LogP contribution < -0.4 is 10.6 Å². The molecule has 0 aliphatic rings. The lowest BCUT2D eigenvalue weighted by Crippen LogP contribution is -2.60. The standard InChI is InChI=1S/C37H55N3O6/c1-23(2)29(39-34(44)46-37(11,12)13)32(42)40(35(5,6)7)30(27-20-19-24(3)25(4)21-27)31(41)38-28(33(43)45-36(8,9)10)22-26-17-15-14-16-18-26/h14-21,23,28-30H,22H2,1-13H3,(H,38,41)(H,39,44). The number of ether oxygens (including phenoxy) is 2. The molecule has 0 aliphatic heterocycles. The van der Waals surface area contributed by atoms with Crippen LogP contribution in [0.25, 0.3) is 0 Å². The number of amides is 3. The summed E-state index contributed by atoms with van der Waals surface area (Å²) in [6.07, 6.45) is -0.534. The molecule has 0 aliphatic carbocycles. The van der Waals surface area contributed by atoms with Crippen molar-refractivity contribution in [3.63, 3.8) is 0 Å². The Morgan fingerprint density at radius 2 is 1.33 bits per heavy atom. The summed E-state index contributed by atoms with van der Waals surface area (Å²) in [5, 5.41) is 5.70. The van der Waals surface area contributed by atoms with E-state index in [-0.39, 0.29) is 12.3 Å². The summed E-state index contributed by atoms with van der Waals surface area (Å²) in [6, 6.07) is 11.8. The van der Waals surface area contributed by atoms with E-state index in [2.05, 4.69) is 10.6 Å². The van der Waals surface area contributed by atoms with Gasteiger partial charge in [0.05, 0.1) is 0 Å². The van der Waals surface area contributed by atoms with E-state index in [9.17, 15) is 19.2 Å². The van der Waals surface area contributed by atoms with E-state index in [1.54, 1.807) is 41.5 Å². The van der Waals surface area contributed by atoms with Gasteiger partial charge < -0.3 is 25.0 Å². The van der Waals surface area contributed by atoms with E-state index in [4.69, 9.17) is 9.47 Å². The second kappa shape index (κ2) is 15.1. The SMILES string of the molecule is Cc1ccc(C(C(=O)NC(Cc2ccccc2)C(=O)OC(C)(C)C)N(C(=O)C(NC(=O)OC(C)(C)C)C(C)C)C(C)(C)C)cc1C. The molecule has 0 bridgehead atoms. The highest BCUT2D eigenvalue weighted by atomic mass is 16.6. The summed E-state index contributed by atoms with van der Waals surface area (Å²) >= 11 is 0. The van der Waals surface area contributed by atoms with Crippen molar-refractivity contribution in [2.24, 2.45) is 5.92 Å². The fourth-order valence-corrected chi connectivity index (χ4v) is 4.96.